The molecule has 0 radical (unpaired) electrons. The van der Waals surface area contributed by atoms with Gasteiger partial charge in [-0.25, -0.2) is 4.52 Å². The van der Waals surface area contributed by atoms with E-state index >= 15 is 0 Å². The number of aromatic nitrogens is 3. The first-order valence-electron chi connectivity index (χ1n) is 5.41. The number of pyridine rings is 1. The Morgan fingerprint density at radius 1 is 1.35 bits per heavy atom. The van der Waals surface area contributed by atoms with E-state index in [0.29, 0.717) is 5.95 Å². The minimum absolute atomic E-state index is 0.674. The lowest BCUT2D eigenvalue weighted by atomic mass is 10.3. The van der Waals surface area contributed by atoms with E-state index in [2.05, 4.69) is 26.8 Å². The van der Waals surface area contributed by atoms with Gasteiger partial charge in [-0.15, -0.1) is 16.4 Å². The zero-order valence-electron chi connectivity index (χ0n) is 9.42. The second kappa shape index (κ2) is 4.18. The maximum absolute atomic E-state index is 4.46. The van der Waals surface area contributed by atoms with Gasteiger partial charge in [-0.2, -0.15) is 4.98 Å². The number of rotatable bonds is 3. The van der Waals surface area contributed by atoms with Crippen LogP contribution in [0, 0.1) is 6.92 Å². The van der Waals surface area contributed by atoms with Crippen LogP contribution in [-0.4, -0.2) is 14.6 Å². The molecule has 0 fully saturated rings. The molecule has 3 aromatic rings. The van der Waals surface area contributed by atoms with E-state index in [-0.39, 0.29) is 0 Å². The number of aryl methyl sites for hydroxylation is 1. The number of hydrogen-bond donors (Lipinski definition) is 1. The molecule has 0 aromatic carbocycles. The molecule has 0 saturated heterocycles. The van der Waals surface area contributed by atoms with Crippen LogP contribution in [0.3, 0.4) is 0 Å². The Morgan fingerprint density at radius 2 is 2.29 bits per heavy atom. The smallest absolute Gasteiger partial charge is 0.243 e. The lowest BCUT2D eigenvalue weighted by Crippen LogP contribution is -1.99. The highest BCUT2D eigenvalue weighted by molar-refractivity contribution is 7.09. The minimum Gasteiger partial charge on any atom is -0.348 e. The molecule has 3 rings (SSSR count). The average Bonchev–Trinajstić information content (AvgIpc) is 2.95. The van der Waals surface area contributed by atoms with Gasteiger partial charge in [-0.1, -0.05) is 12.1 Å². The lowest BCUT2D eigenvalue weighted by Gasteiger charge is -1.96. The quantitative estimate of drug-likeness (QED) is 0.770. The summed E-state index contributed by atoms with van der Waals surface area (Å²) >= 11 is 1.73. The Hall–Kier alpha value is -1.88. The Labute approximate surface area is 103 Å². The molecular formula is C12H12N4S. The predicted octanol–water partition coefficient (Wildman–Crippen LogP) is 2.71. The van der Waals surface area contributed by atoms with E-state index in [1.165, 1.54) is 4.88 Å². The summed E-state index contributed by atoms with van der Waals surface area (Å²) in [4.78, 5) is 5.74. The Bertz CT molecular complexity index is 627. The second-order valence-electron chi connectivity index (χ2n) is 3.83. The van der Waals surface area contributed by atoms with Gasteiger partial charge < -0.3 is 5.32 Å². The van der Waals surface area contributed by atoms with Crippen LogP contribution in [-0.2, 0) is 6.54 Å². The van der Waals surface area contributed by atoms with Gasteiger partial charge in [0.2, 0.25) is 5.95 Å². The summed E-state index contributed by atoms with van der Waals surface area (Å²) in [6.45, 7) is 2.81. The maximum atomic E-state index is 4.46. The summed E-state index contributed by atoms with van der Waals surface area (Å²) in [5.41, 5.74) is 2.03. The van der Waals surface area contributed by atoms with Crippen molar-refractivity contribution < 1.29 is 0 Å². The van der Waals surface area contributed by atoms with Crippen molar-refractivity contribution in [1.29, 1.82) is 0 Å². The van der Waals surface area contributed by atoms with Crippen LogP contribution < -0.4 is 5.32 Å². The predicted molar refractivity (Wildman–Crippen MR) is 69.4 cm³/mol. The van der Waals surface area contributed by atoms with Crippen LogP contribution in [0.1, 0.15) is 10.4 Å². The molecule has 0 aliphatic carbocycles. The van der Waals surface area contributed by atoms with Crippen molar-refractivity contribution in [2.45, 2.75) is 13.5 Å². The van der Waals surface area contributed by atoms with Crippen LogP contribution in [0.25, 0.3) is 5.65 Å². The third kappa shape index (κ3) is 2.01. The molecule has 4 nitrogen and oxygen atoms in total. The van der Waals surface area contributed by atoms with E-state index in [0.717, 1.165) is 17.8 Å². The average molecular weight is 244 g/mol. The summed E-state index contributed by atoms with van der Waals surface area (Å²) in [5.74, 6) is 0.674. The van der Waals surface area contributed by atoms with Crippen molar-refractivity contribution in [3.05, 3.63) is 46.3 Å². The molecule has 0 amide bonds. The third-order valence-corrected chi connectivity index (χ3v) is 3.43. The molecule has 17 heavy (non-hydrogen) atoms. The molecule has 86 valence electrons. The number of hydrogen-bond acceptors (Lipinski definition) is 4. The molecule has 1 N–H and O–H groups in total. The van der Waals surface area contributed by atoms with Crippen LogP contribution in [0.4, 0.5) is 5.95 Å². The topological polar surface area (TPSA) is 42.2 Å². The van der Waals surface area contributed by atoms with Crippen LogP contribution in [0.15, 0.2) is 35.8 Å². The number of fused-ring (bicyclic) bond motifs is 1. The number of anilines is 1. The molecule has 0 bridgehead atoms. The first kappa shape index (κ1) is 10.3. The van der Waals surface area contributed by atoms with Crippen LogP contribution in [0.2, 0.25) is 0 Å². The monoisotopic (exact) mass is 244 g/mol. The van der Waals surface area contributed by atoms with Gasteiger partial charge in [0.15, 0.2) is 5.65 Å². The van der Waals surface area contributed by atoms with Crippen molar-refractivity contribution in [3.63, 3.8) is 0 Å². The zero-order chi connectivity index (χ0) is 11.7. The fourth-order valence-electron chi connectivity index (χ4n) is 1.69. The molecule has 0 spiro atoms. The highest BCUT2D eigenvalue weighted by Crippen LogP contribution is 2.13. The van der Waals surface area contributed by atoms with E-state index in [1.54, 1.807) is 15.9 Å². The number of nitrogens with one attached hydrogen (secondary N) is 1. The molecule has 0 aliphatic heterocycles. The van der Waals surface area contributed by atoms with Crippen molar-refractivity contribution in [3.8, 4) is 0 Å². The van der Waals surface area contributed by atoms with Gasteiger partial charge in [0, 0.05) is 11.1 Å². The summed E-state index contributed by atoms with van der Waals surface area (Å²) in [6.07, 6.45) is 1.91. The van der Waals surface area contributed by atoms with Gasteiger partial charge >= 0.3 is 0 Å². The number of nitrogens with zero attached hydrogens (tertiary/aromatic N) is 3. The Kier molecular flexibility index (Phi) is 2.53. The highest BCUT2D eigenvalue weighted by atomic mass is 32.1. The largest absolute Gasteiger partial charge is 0.348 e. The van der Waals surface area contributed by atoms with Crippen LogP contribution >= 0.6 is 11.3 Å². The van der Waals surface area contributed by atoms with Gasteiger partial charge in [-0.3, -0.25) is 0 Å². The van der Waals surface area contributed by atoms with Crippen molar-refractivity contribution in [1.82, 2.24) is 14.6 Å². The first-order chi connectivity index (χ1) is 8.33. The molecule has 3 heterocycles. The Morgan fingerprint density at radius 3 is 3.06 bits per heavy atom. The van der Waals surface area contributed by atoms with Gasteiger partial charge in [-0.05, 0) is 30.0 Å². The molecule has 0 saturated carbocycles. The van der Waals surface area contributed by atoms with Crippen molar-refractivity contribution >= 4 is 22.9 Å². The highest BCUT2D eigenvalue weighted by Gasteiger charge is 2.04. The summed E-state index contributed by atoms with van der Waals surface area (Å²) in [5, 5.41) is 9.67. The van der Waals surface area contributed by atoms with Crippen molar-refractivity contribution in [2.75, 3.05) is 5.32 Å². The van der Waals surface area contributed by atoms with E-state index in [1.807, 2.05) is 31.3 Å². The normalized spacial score (nSPS) is 10.9. The fraction of sp³-hybridized carbons (Fsp3) is 0.167. The molecule has 3 aromatic heterocycles. The lowest BCUT2D eigenvalue weighted by molar-refractivity contribution is 0.948. The first-order valence-corrected chi connectivity index (χ1v) is 6.29. The van der Waals surface area contributed by atoms with Gasteiger partial charge in [0.25, 0.3) is 0 Å². The van der Waals surface area contributed by atoms with Gasteiger partial charge in [0.1, 0.15) is 0 Å². The molecule has 0 unspecified atom stereocenters. The summed E-state index contributed by atoms with van der Waals surface area (Å²) in [6, 6.07) is 8.15. The molecule has 0 atom stereocenters. The van der Waals surface area contributed by atoms with E-state index in [4.69, 9.17) is 0 Å². The standard InChI is InChI=1S/C12H12N4S/c1-9-4-2-6-16-11(9)14-12(15-16)13-8-10-5-3-7-17-10/h2-7H,8H2,1H3,(H,13,15). The SMILES string of the molecule is Cc1cccn2nc(NCc3cccs3)nc12. The molecule has 0 aliphatic rings. The van der Waals surface area contributed by atoms with E-state index < -0.39 is 0 Å². The minimum atomic E-state index is 0.674. The molecular weight excluding hydrogens is 232 g/mol. The second-order valence-corrected chi connectivity index (χ2v) is 4.86. The molecule has 5 heteroatoms. The summed E-state index contributed by atoms with van der Waals surface area (Å²) < 4.78 is 1.80. The third-order valence-electron chi connectivity index (χ3n) is 2.56. The summed E-state index contributed by atoms with van der Waals surface area (Å²) in [7, 11) is 0. The Balaban J connectivity index is 1.84. The van der Waals surface area contributed by atoms with E-state index in [9.17, 15) is 0 Å². The zero-order valence-corrected chi connectivity index (χ0v) is 10.2. The number of thiophene rings is 1. The van der Waals surface area contributed by atoms with Crippen LogP contribution in [0.5, 0.6) is 0 Å². The fourth-order valence-corrected chi connectivity index (χ4v) is 2.34. The maximum Gasteiger partial charge on any atom is 0.243 e. The van der Waals surface area contributed by atoms with Gasteiger partial charge in [0.05, 0.1) is 6.54 Å². The van der Waals surface area contributed by atoms with Crippen molar-refractivity contribution in [2.24, 2.45) is 0 Å².